The second-order valence-corrected chi connectivity index (χ2v) is 6.55. The van der Waals surface area contributed by atoms with Gasteiger partial charge in [-0.15, -0.1) is 10.2 Å². The van der Waals surface area contributed by atoms with Gasteiger partial charge in [-0.25, -0.2) is 4.68 Å². The maximum atomic E-state index is 12.1. The van der Waals surface area contributed by atoms with E-state index in [1.54, 1.807) is 12.1 Å². The first-order valence-corrected chi connectivity index (χ1v) is 8.75. The molecule has 0 aliphatic rings. The van der Waals surface area contributed by atoms with Gasteiger partial charge in [0.1, 0.15) is 0 Å². The van der Waals surface area contributed by atoms with Crippen molar-refractivity contribution in [2.24, 2.45) is 0 Å². The number of aryl methyl sites for hydroxylation is 2. The van der Waals surface area contributed by atoms with E-state index < -0.39 is 0 Å². The van der Waals surface area contributed by atoms with Crippen molar-refractivity contribution in [2.45, 2.75) is 38.3 Å². The highest BCUT2D eigenvalue weighted by molar-refractivity contribution is 7.99. The molecule has 0 bridgehead atoms. The lowest BCUT2D eigenvalue weighted by Gasteiger charge is -2.08. The Labute approximate surface area is 144 Å². The number of amides is 1. The highest BCUT2D eigenvalue weighted by atomic mass is 35.5. The van der Waals surface area contributed by atoms with Gasteiger partial charge in [-0.1, -0.05) is 42.8 Å². The van der Waals surface area contributed by atoms with E-state index in [0.29, 0.717) is 15.9 Å². The minimum atomic E-state index is -0.140. The number of carbonyl (C=O) groups excluding carboxylic acids is 1. The molecular weight excluding hydrogens is 334 g/mol. The summed E-state index contributed by atoms with van der Waals surface area (Å²) in [5, 5.41) is 12.0. The third kappa shape index (κ3) is 4.87. The maximum Gasteiger partial charge on any atom is 0.234 e. The molecule has 0 atom stereocenters. The van der Waals surface area contributed by atoms with Crippen LogP contribution < -0.4 is 11.2 Å². The number of halogens is 1. The van der Waals surface area contributed by atoms with Crippen LogP contribution in [0.25, 0.3) is 0 Å². The zero-order chi connectivity index (χ0) is 16.8. The van der Waals surface area contributed by atoms with Crippen molar-refractivity contribution in [2.75, 3.05) is 16.9 Å². The molecule has 1 heterocycles. The number of nitrogens with two attached hydrogens (primary N) is 1. The number of hydrogen-bond acceptors (Lipinski definition) is 5. The van der Waals surface area contributed by atoms with Gasteiger partial charge in [-0.3, -0.25) is 4.79 Å². The van der Waals surface area contributed by atoms with Crippen molar-refractivity contribution in [3.8, 4) is 0 Å². The summed E-state index contributed by atoms with van der Waals surface area (Å²) in [5.74, 6) is 6.75. The molecule has 3 N–H and O–H groups in total. The molecule has 6 nitrogen and oxygen atoms in total. The number of aromatic nitrogens is 3. The fourth-order valence-electron chi connectivity index (χ4n) is 1.96. The molecule has 1 aromatic heterocycles. The van der Waals surface area contributed by atoms with Crippen LogP contribution in [0.1, 0.15) is 31.2 Å². The molecular formula is C15H20ClN5OS. The van der Waals surface area contributed by atoms with Crippen LogP contribution in [-0.2, 0) is 11.2 Å². The summed E-state index contributed by atoms with van der Waals surface area (Å²) in [7, 11) is 0. The molecule has 0 aliphatic carbocycles. The van der Waals surface area contributed by atoms with Gasteiger partial charge in [-0.2, -0.15) is 0 Å². The molecule has 0 saturated carbocycles. The van der Waals surface area contributed by atoms with E-state index in [-0.39, 0.29) is 11.7 Å². The Morgan fingerprint density at radius 2 is 2.22 bits per heavy atom. The minimum absolute atomic E-state index is 0.140. The van der Waals surface area contributed by atoms with E-state index in [4.69, 9.17) is 17.4 Å². The quantitative estimate of drug-likeness (QED) is 0.590. The van der Waals surface area contributed by atoms with Gasteiger partial charge in [0.25, 0.3) is 0 Å². The zero-order valence-corrected chi connectivity index (χ0v) is 14.7. The molecule has 8 heteroatoms. The van der Waals surface area contributed by atoms with Gasteiger partial charge in [0.05, 0.1) is 5.75 Å². The maximum absolute atomic E-state index is 12.1. The summed E-state index contributed by atoms with van der Waals surface area (Å²) >= 11 is 7.20. The van der Waals surface area contributed by atoms with E-state index >= 15 is 0 Å². The number of nitrogens with one attached hydrogen (secondary N) is 1. The molecule has 0 unspecified atom stereocenters. The fourth-order valence-corrected chi connectivity index (χ4v) is 2.80. The van der Waals surface area contributed by atoms with Gasteiger partial charge < -0.3 is 11.2 Å². The van der Waals surface area contributed by atoms with Crippen molar-refractivity contribution in [3.05, 3.63) is 34.6 Å². The zero-order valence-electron chi connectivity index (χ0n) is 13.2. The molecule has 0 fully saturated rings. The standard InChI is InChI=1S/C15H20ClN5OS/c1-3-4-5-13-19-20-15(21(13)17)23-9-14(22)18-12-8-11(16)7-6-10(12)2/h6-8H,3-5,9,17H2,1-2H3,(H,18,22). The predicted octanol–water partition coefficient (Wildman–Crippen LogP) is 3.03. The monoisotopic (exact) mass is 353 g/mol. The van der Waals surface area contributed by atoms with Crippen LogP contribution in [-0.4, -0.2) is 26.5 Å². The summed E-state index contributed by atoms with van der Waals surface area (Å²) in [4.78, 5) is 12.1. The second kappa shape index (κ2) is 8.21. The topological polar surface area (TPSA) is 85.8 Å². The average Bonchev–Trinajstić information content (AvgIpc) is 2.87. The number of rotatable bonds is 7. The van der Waals surface area contributed by atoms with E-state index in [1.165, 1.54) is 16.4 Å². The lowest BCUT2D eigenvalue weighted by atomic mass is 10.2. The van der Waals surface area contributed by atoms with Crippen molar-refractivity contribution in [1.29, 1.82) is 0 Å². The Morgan fingerprint density at radius 3 is 2.96 bits per heavy atom. The normalized spacial score (nSPS) is 10.7. The highest BCUT2D eigenvalue weighted by Crippen LogP contribution is 2.21. The summed E-state index contributed by atoms with van der Waals surface area (Å²) in [6.45, 7) is 4.02. The molecule has 2 aromatic rings. The SMILES string of the molecule is CCCCc1nnc(SCC(=O)Nc2cc(Cl)ccc2C)n1N. The van der Waals surface area contributed by atoms with Gasteiger partial charge in [0.15, 0.2) is 5.82 Å². The van der Waals surface area contributed by atoms with Crippen LogP contribution in [0, 0.1) is 6.92 Å². The van der Waals surface area contributed by atoms with Crippen LogP contribution in [0.4, 0.5) is 5.69 Å². The molecule has 2 rings (SSSR count). The number of hydrogen-bond donors (Lipinski definition) is 2. The minimum Gasteiger partial charge on any atom is -0.336 e. The lowest BCUT2D eigenvalue weighted by molar-refractivity contribution is -0.113. The Bertz CT molecular complexity index is 689. The molecule has 124 valence electrons. The van der Waals surface area contributed by atoms with Gasteiger partial charge in [0.2, 0.25) is 11.1 Å². The Hall–Kier alpha value is -1.73. The van der Waals surface area contributed by atoms with Crippen LogP contribution in [0.5, 0.6) is 0 Å². The number of benzene rings is 1. The van der Waals surface area contributed by atoms with Crippen LogP contribution in [0.2, 0.25) is 5.02 Å². The number of unbranched alkanes of at least 4 members (excludes halogenated alkanes) is 1. The lowest BCUT2D eigenvalue weighted by Crippen LogP contribution is -2.17. The Balaban J connectivity index is 1.92. The van der Waals surface area contributed by atoms with E-state index in [1.807, 2.05) is 13.0 Å². The molecule has 0 saturated heterocycles. The third-order valence-corrected chi connectivity index (χ3v) is 4.47. The number of nitrogens with zero attached hydrogens (tertiary/aromatic N) is 3. The molecule has 0 spiro atoms. The number of thioether (sulfide) groups is 1. The smallest absolute Gasteiger partial charge is 0.234 e. The summed E-state index contributed by atoms with van der Waals surface area (Å²) in [6, 6.07) is 5.38. The fraction of sp³-hybridized carbons (Fsp3) is 0.400. The third-order valence-electron chi connectivity index (χ3n) is 3.30. The van der Waals surface area contributed by atoms with E-state index in [0.717, 1.165) is 30.7 Å². The summed E-state index contributed by atoms with van der Waals surface area (Å²) in [5.41, 5.74) is 1.66. The Kier molecular flexibility index (Phi) is 6.29. The highest BCUT2D eigenvalue weighted by Gasteiger charge is 2.12. The first-order chi connectivity index (χ1) is 11.0. The summed E-state index contributed by atoms with van der Waals surface area (Å²) in [6.07, 6.45) is 2.86. The first kappa shape index (κ1) is 17.6. The number of anilines is 1. The van der Waals surface area contributed by atoms with E-state index in [9.17, 15) is 4.79 Å². The van der Waals surface area contributed by atoms with Crippen LogP contribution >= 0.6 is 23.4 Å². The molecule has 0 aliphatic heterocycles. The van der Waals surface area contributed by atoms with E-state index in [2.05, 4.69) is 22.4 Å². The van der Waals surface area contributed by atoms with Crippen molar-refractivity contribution < 1.29 is 4.79 Å². The van der Waals surface area contributed by atoms with Gasteiger partial charge in [0, 0.05) is 17.1 Å². The number of nitrogen functional groups attached to an aromatic ring is 1. The van der Waals surface area contributed by atoms with Crippen LogP contribution in [0.15, 0.2) is 23.4 Å². The van der Waals surface area contributed by atoms with Crippen LogP contribution in [0.3, 0.4) is 0 Å². The predicted molar refractivity (Wildman–Crippen MR) is 94.3 cm³/mol. The second-order valence-electron chi connectivity index (χ2n) is 5.17. The van der Waals surface area contributed by atoms with Crippen molar-refractivity contribution >= 4 is 35.0 Å². The largest absolute Gasteiger partial charge is 0.336 e. The summed E-state index contributed by atoms with van der Waals surface area (Å²) < 4.78 is 1.46. The molecule has 1 amide bonds. The van der Waals surface area contributed by atoms with Crippen molar-refractivity contribution in [3.63, 3.8) is 0 Å². The Morgan fingerprint density at radius 1 is 1.43 bits per heavy atom. The average molecular weight is 354 g/mol. The van der Waals surface area contributed by atoms with Gasteiger partial charge in [-0.05, 0) is 31.0 Å². The first-order valence-electron chi connectivity index (χ1n) is 7.39. The van der Waals surface area contributed by atoms with Gasteiger partial charge >= 0.3 is 0 Å². The molecule has 1 aromatic carbocycles. The van der Waals surface area contributed by atoms with Crippen molar-refractivity contribution in [1.82, 2.24) is 14.9 Å². The number of carbonyl (C=O) groups is 1. The molecule has 0 radical (unpaired) electrons. The molecule has 23 heavy (non-hydrogen) atoms.